The number of nitriles is 1. The number of halogens is 2. The molecule has 2 bridgehead atoms. The van der Waals surface area contributed by atoms with E-state index in [1.807, 2.05) is 17.0 Å². The highest BCUT2D eigenvalue weighted by atomic mass is 19.1. The first-order chi connectivity index (χ1) is 17.9. The number of rotatable bonds is 6. The average Bonchev–Trinajstić information content (AvgIpc) is 3.17. The van der Waals surface area contributed by atoms with Crippen LogP contribution in [-0.4, -0.2) is 42.6 Å². The quantitative estimate of drug-likeness (QED) is 0.487. The molecule has 37 heavy (non-hydrogen) atoms. The zero-order chi connectivity index (χ0) is 26.1. The van der Waals surface area contributed by atoms with Crippen molar-refractivity contribution >= 4 is 5.91 Å². The van der Waals surface area contributed by atoms with Crippen molar-refractivity contribution < 1.29 is 18.3 Å². The average molecular weight is 502 g/mol. The van der Waals surface area contributed by atoms with E-state index >= 15 is 4.39 Å². The summed E-state index contributed by atoms with van der Waals surface area (Å²) < 4.78 is 35.0. The summed E-state index contributed by atoms with van der Waals surface area (Å²) in [4.78, 5) is 15.6. The van der Waals surface area contributed by atoms with Crippen molar-refractivity contribution in [1.29, 1.82) is 5.26 Å². The lowest BCUT2D eigenvalue weighted by Crippen LogP contribution is -2.50. The van der Waals surface area contributed by atoms with Crippen LogP contribution in [-0.2, 0) is 11.2 Å². The largest absolute Gasteiger partial charge is 0.384 e. The Morgan fingerprint density at radius 1 is 1.00 bits per heavy atom. The highest BCUT2D eigenvalue weighted by Gasteiger charge is 2.42. The van der Waals surface area contributed by atoms with E-state index in [1.54, 1.807) is 37.4 Å². The van der Waals surface area contributed by atoms with Gasteiger partial charge in [0.2, 0.25) is 0 Å². The fourth-order valence-corrected chi connectivity index (χ4v) is 5.78. The van der Waals surface area contributed by atoms with E-state index in [0.29, 0.717) is 40.8 Å². The molecule has 2 heterocycles. The number of piperidine rings is 1. The molecule has 3 atom stereocenters. The second kappa shape index (κ2) is 10.4. The highest BCUT2D eigenvalue weighted by molar-refractivity contribution is 5.98. The molecule has 7 heteroatoms. The van der Waals surface area contributed by atoms with E-state index in [1.165, 1.54) is 18.2 Å². The number of methoxy groups -OCH3 is 1. The highest BCUT2D eigenvalue weighted by Crippen LogP contribution is 2.39. The number of carbonyl (C=O) groups is 1. The molecule has 0 spiro atoms. The SMILES string of the molecule is COCCc1ccc(-c2ccc(C(=O)N3C4CC[C@H]3CC(N)C4)cc2-c2ccc(C#N)c(F)c2)c(F)c1. The molecule has 2 unspecified atom stereocenters. The molecular weight excluding hydrogens is 472 g/mol. The van der Waals surface area contributed by atoms with Crippen molar-refractivity contribution in [2.75, 3.05) is 13.7 Å². The van der Waals surface area contributed by atoms with Gasteiger partial charge in [-0.2, -0.15) is 5.26 Å². The number of benzene rings is 3. The molecule has 2 fully saturated rings. The Hall–Kier alpha value is -3.60. The fourth-order valence-electron chi connectivity index (χ4n) is 5.78. The van der Waals surface area contributed by atoms with Crippen LogP contribution in [0.3, 0.4) is 0 Å². The Morgan fingerprint density at radius 2 is 1.73 bits per heavy atom. The van der Waals surface area contributed by atoms with Crippen molar-refractivity contribution in [3.05, 3.63) is 82.9 Å². The Labute approximate surface area is 215 Å². The summed E-state index contributed by atoms with van der Waals surface area (Å²) in [5.41, 5.74) is 9.27. The molecule has 0 aromatic heterocycles. The minimum absolute atomic E-state index is 0.0764. The summed E-state index contributed by atoms with van der Waals surface area (Å²) in [7, 11) is 1.60. The maximum atomic E-state index is 15.3. The second-order valence-electron chi connectivity index (χ2n) is 9.95. The first-order valence-corrected chi connectivity index (χ1v) is 12.6. The topological polar surface area (TPSA) is 79.3 Å². The summed E-state index contributed by atoms with van der Waals surface area (Å²) >= 11 is 0. The van der Waals surface area contributed by atoms with Crippen LogP contribution < -0.4 is 5.73 Å². The van der Waals surface area contributed by atoms with E-state index in [2.05, 4.69) is 0 Å². The monoisotopic (exact) mass is 501 g/mol. The molecule has 2 aliphatic rings. The van der Waals surface area contributed by atoms with Crippen LogP contribution in [0.5, 0.6) is 0 Å². The predicted octanol–water partition coefficient (Wildman–Crippen LogP) is 5.45. The van der Waals surface area contributed by atoms with Gasteiger partial charge in [0.25, 0.3) is 5.91 Å². The Balaban J connectivity index is 1.58. The molecule has 3 aromatic rings. The van der Waals surface area contributed by atoms with Gasteiger partial charge in [0.1, 0.15) is 17.7 Å². The number of nitrogens with two attached hydrogens (primary N) is 1. The molecule has 5 nitrogen and oxygen atoms in total. The van der Waals surface area contributed by atoms with Crippen LogP contribution in [0.4, 0.5) is 8.78 Å². The zero-order valence-electron chi connectivity index (χ0n) is 20.7. The Morgan fingerprint density at radius 3 is 2.38 bits per heavy atom. The minimum Gasteiger partial charge on any atom is -0.384 e. The number of fused-ring (bicyclic) bond motifs is 2. The third-order valence-corrected chi connectivity index (χ3v) is 7.59. The summed E-state index contributed by atoms with van der Waals surface area (Å²) in [6.45, 7) is 0.481. The number of carbonyl (C=O) groups excluding carboxylic acids is 1. The summed E-state index contributed by atoms with van der Waals surface area (Å²) in [5, 5.41) is 9.16. The van der Waals surface area contributed by atoms with E-state index in [0.717, 1.165) is 31.2 Å². The smallest absolute Gasteiger partial charge is 0.254 e. The number of hydrogen-bond acceptors (Lipinski definition) is 4. The van der Waals surface area contributed by atoms with Gasteiger partial charge in [0.05, 0.1) is 12.2 Å². The van der Waals surface area contributed by atoms with Crippen molar-refractivity contribution in [1.82, 2.24) is 4.90 Å². The van der Waals surface area contributed by atoms with Crippen molar-refractivity contribution in [2.45, 2.75) is 50.2 Å². The van der Waals surface area contributed by atoms with Crippen LogP contribution in [0.2, 0.25) is 0 Å². The van der Waals surface area contributed by atoms with Gasteiger partial charge in [0, 0.05) is 36.4 Å². The van der Waals surface area contributed by atoms with Gasteiger partial charge in [-0.1, -0.05) is 24.3 Å². The molecule has 0 saturated carbocycles. The minimum atomic E-state index is -0.666. The van der Waals surface area contributed by atoms with Gasteiger partial charge in [-0.05, 0) is 84.7 Å². The lowest BCUT2D eigenvalue weighted by atomic mass is 9.90. The van der Waals surface area contributed by atoms with Crippen molar-refractivity contribution in [2.24, 2.45) is 5.73 Å². The molecule has 0 aliphatic carbocycles. The van der Waals surface area contributed by atoms with Crippen molar-refractivity contribution in [3.8, 4) is 28.3 Å². The van der Waals surface area contributed by atoms with Gasteiger partial charge in [-0.3, -0.25) is 4.79 Å². The number of amides is 1. The summed E-state index contributed by atoms with van der Waals surface area (Å²) in [6, 6.07) is 16.6. The molecular formula is C30H29F2N3O2. The first kappa shape index (κ1) is 25.1. The van der Waals surface area contributed by atoms with Crippen LogP contribution in [0.1, 0.15) is 47.2 Å². The van der Waals surface area contributed by atoms with Crippen LogP contribution in [0.15, 0.2) is 54.6 Å². The van der Waals surface area contributed by atoms with Gasteiger partial charge in [0.15, 0.2) is 0 Å². The Bertz CT molecular complexity index is 1370. The standard InChI is InChI=1S/C30H29F2N3O2/c1-37-11-10-18-2-8-26(29(32)12-18)25-9-5-20(13-27(25)19-3-4-21(17-33)28(31)14-19)30(36)35-23-6-7-24(35)16-22(34)15-23/h2-5,8-9,12-14,22-24H,6-7,10-11,15-16,34H2,1H3/t22?,23-,24?/m0/s1. The normalized spacial score (nSPS) is 20.6. The molecule has 0 radical (unpaired) electrons. The number of hydrogen-bond donors (Lipinski definition) is 1. The van der Waals surface area contributed by atoms with Crippen LogP contribution in [0, 0.1) is 23.0 Å². The van der Waals surface area contributed by atoms with E-state index < -0.39 is 11.6 Å². The Kier molecular flexibility index (Phi) is 7.05. The summed E-state index contributed by atoms with van der Waals surface area (Å²) in [5.74, 6) is -1.16. The predicted molar refractivity (Wildman–Crippen MR) is 138 cm³/mol. The summed E-state index contributed by atoms with van der Waals surface area (Å²) in [6.07, 6.45) is 4.03. The second-order valence-corrected chi connectivity index (χ2v) is 9.95. The fraction of sp³-hybridized carbons (Fsp3) is 0.333. The van der Waals surface area contributed by atoms with E-state index in [9.17, 15) is 9.18 Å². The molecule has 190 valence electrons. The molecule has 2 aliphatic heterocycles. The third kappa shape index (κ3) is 4.87. The van der Waals surface area contributed by atoms with Gasteiger partial charge in [-0.25, -0.2) is 8.78 Å². The lowest BCUT2D eigenvalue weighted by Gasteiger charge is -2.38. The lowest BCUT2D eigenvalue weighted by molar-refractivity contribution is 0.0575. The molecule has 3 aromatic carbocycles. The van der Waals surface area contributed by atoms with E-state index in [-0.39, 0.29) is 29.6 Å². The number of ether oxygens (including phenoxy) is 1. The molecule has 2 saturated heterocycles. The van der Waals surface area contributed by atoms with Crippen molar-refractivity contribution in [3.63, 3.8) is 0 Å². The zero-order valence-corrected chi connectivity index (χ0v) is 20.7. The molecule has 5 rings (SSSR count). The van der Waals surface area contributed by atoms with Crippen LogP contribution >= 0.6 is 0 Å². The number of nitrogens with zero attached hydrogens (tertiary/aromatic N) is 2. The van der Waals surface area contributed by atoms with E-state index in [4.69, 9.17) is 15.7 Å². The maximum absolute atomic E-state index is 15.3. The van der Waals surface area contributed by atoms with Crippen LogP contribution in [0.25, 0.3) is 22.3 Å². The molecule has 2 N–H and O–H groups in total. The first-order valence-electron chi connectivity index (χ1n) is 12.6. The van der Waals surface area contributed by atoms with Gasteiger partial charge in [-0.15, -0.1) is 0 Å². The van der Waals surface area contributed by atoms with Gasteiger partial charge < -0.3 is 15.4 Å². The van der Waals surface area contributed by atoms with Gasteiger partial charge >= 0.3 is 0 Å². The molecule has 1 amide bonds. The maximum Gasteiger partial charge on any atom is 0.254 e. The third-order valence-electron chi connectivity index (χ3n) is 7.59.